The average molecular weight is 374 g/mol. The van der Waals surface area contributed by atoms with Crippen molar-refractivity contribution in [1.82, 2.24) is 15.1 Å². The fraction of sp³-hybridized carbons (Fsp3) is 0.812. The zero-order valence-corrected chi connectivity index (χ0v) is 15.6. The van der Waals surface area contributed by atoms with E-state index in [1.54, 1.807) is 0 Å². The maximum absolute atomic E-state index is 13.3. The molecule has 2 aliphatic heterocycles. The van der Waals surface area contributed by atoms with Gasteiger partial charge in [0, 0.05) is 37.9 Å². The molecular weight excluding hydrogens is 350 g/mol. The highest BCUT2D eigenvalue weighted by molar-refractivity contribution is 7.15. The SMILES string of the molecule is CC(C)(C)c1nnc(N2CCOC(C(=O)N3CCC(F)(F)CC3)C2)s1. The second-order valence-electron chi connectivity index (χ2n) is 7.63. The van der Waals surface area contributed by atoms with E-state index in [2.05, 4.69) is 31.0 Å². The highest BCUT2D eigenvalue weighted by atomic mass is 32.1. The Hall–Kier alpha value is -1.35. The number of ether oxygens (including phenoxy) is 1. The summed E-state index contributed by atoms with van der Waals surface area (Å²) in [5.41, 5.74) is -0.0730. The topological polar surface area (TPSA) is 58.6 Å². The number of alkyl halides is 2. The van der Waals surface area contributed by atoms with Crippen LogP contribution in [-0.2, 0) is 14.9 Å². The molecule has 2 aliphatic rings. The number of morpholine rings is 1. The first-order valence-electron chi connectivity index (χ1n) is 8.53. The zero-order chi connectivity index (χ0) is 18.2. The fourth-order valence-corrected chi connectivity index (χ4v) is 3.81. The lowest BCUT2D eigenvalue weighted by Crippen LogP contribution is -2.53. The first-order chi connectivity index (χ1) is 11.7. The minimum atomic E-state index is -2.66. The largest absolute Gasteiger partial charge is 0.365 e. The number of likely N-dealkylation sites (tertiary alicyclic amines) is 1. The Morgan fingerprint density at radius 2 is 1.92 bits per heavy atom. The van der Waals surface area contributed by atoms with Crippen LogP contribution in [0, 0.1) is 0 Å². The quantitative estimate of drug-likeness (QED) is 0.795. The number of hydrogen-bond donors (Lipinski definition) is 0. The van der Waals surface area contributed by atoms with E-state index in [9.17, 15) is 13.6 Å². The van der Waals surface area contributed by atoms with E-state index >= 15 is 0 Å². The normalized spacial score (nSPS) is 24.4. The lowest BCUT2D eigenvalue weighted by Gasteiger charge is -2.37. The highest BCUT2D eigenvalue weighted by Gasteiger charge is 2.39. The van der Waals surface area contributed by atoms with Gasteiger partial charge >= 0.3 is 0 Å². The first kappa shape index (κ1) is 18.4. The summed E-state index contributed by atoms with van der Waals surface area (Å²) in [6, 6.07) is 0. The lowest BCUT2D eigenvalue weighted by atomic mass is 9.98. The van der Waals surface area contributed by atoms with Gasteiger partial charge in [0.25, 0.3) is 11.8 Å². The molecule has 6 nitrogen and oxygen atoms in total. The van der Waals surface area contributed by atoms with Crippen molar-refractivity contribution in [3.05, 3.63) is 5.01 Å². The summed E-state index contributed by atoms with van der Waals surface area (Å²) in [6.07, 6.45) is -1.19. The predicted molar refractivity (Wildman–Crippen MR) is 91.3 cm³/mol. The second kappa shape index (κ2) is 6.75. The summed E-state index contributed by atoms with van der Waals surface area (Å²) in [6.45, 7) is 7.83. The van der Waals surface area contributed by atoms with Gasteiger partial charge in [-0.2, -0.15) is 0 Å². The Balaban J connectivity index is 1.63. The molecule has 0 radical (unpaired) electrons. The Morgan fingerprint density at radius 3 is 2.52 bits per heavy atom. The molecule has 0 N–H and O–H groups in total. The molecule has 2 fully saturated rings. The summed E-state index contributed by atoms with van der Waals surface area (Å²) in [7, 11) is 0. The van der Waals surface area contributed by atoms with Crippen molar-refractivity contribution in [3.8, 4) is 0 Å². The minimum Gasteiger partial charge on any atom is -0.365 e. The molecule has 1 aromatic rings. The van der Waals surface area contributed by atoms with Crippen molar-refractivity contribution in [1.29, 1.82) is 0 Å². The number of carbonyl (C=O) groups is 1. The number of hydrogen-bond acceptors (Lipinski definition) is 6. The van der Waals surface area contributed by atoms with Crippen LogP contribution in [0.25, 0.3) is 0 Å². The average Bonchev–Trinajstić information content (AvgIpc) is 3.05. The molecule has 0 aromatic carbocycles. The number of amides is 1. The molecule has 140 valence electrons. The van der Waals surface area contributed by atoms with Gasteiger partial charge in [0.15, 0.2) is 6.10 Å². The van der Waals surface area contributed by atoms with E-state index in [1.165, 1.54) is 16.2 Å². The number of anilines is 1. The summed E-state index contributed by atoms with van der Waals surface area (Å²) in [5, 5.41) is 10.2. The number of carbonyl (C=O) groups excluding carboxylic acids is 1. The van der Waals surface area contributed by atoms with Crippen molar-refractivity contribution >= 4 is 22.4 Å². The maximum atomic E-state index is 13.3. The fourth-order valence-electron chi connectivity index (χ4n) is 2.88. The molecule has 1 unspecified atom stereocenters. The first-order valence-corrected chi connectivity index (χ1v) is 9.34. The smallest absolute Gasteiger partial charge is 0.253 e. The molecule has 2 saturated heterocycles. The number of nitrogens with zero attached hydrogens (tertiary/aromatic N) is 4. The van der Waals surface area contributed by atoms with Crippen molar-refractivity contribution in [2.24, 2.45) is 0 Å². The molecule has 1 aromatic heterocycles. The number of rotatable bonds is 2. The summed E-state index contributed by atoms with van der Waals surface area (Å²) in [4.78, 5) is 16.1. The number of halogens is 2. The van der Waals surface area contributed by atoms with Crippen LogP contribution in [0.4, 0.5) is 13.9 Å². The molecule has 0 bridgehead atoms. The van der Waals surface area contributed by atoms with Crippen LogP contribution in [0.3, 0.4) is 0 Å². The zero-order valence-electron chi connectivity index (χ0n) is 14.8. The molecular formula is C16H24F2N4O2S. The molecule has 0 aliphatic carbocycles. The van der Waals surface area contributed by atoms with E-state index in [0.29, 0.717) is 19.7 Å². The third-order valence-corrected chi connectivity index (χ3v) is 5.88. The van der Waals surface area contributed by atoms with Gasteiger partial charge in [0.2, 0.25) is 5.13 Å². The lowest BCUT2D eigenvalue weighted by molar-refractivity contribution is -0.150. The summed E-state index contributed by atoms with van der Waals surface area (Å²) in [5.74, 6) is -2.87. The van der Waals surface area contributed by atoms with E-state index < -0.39 is 12.0 Å². The summed E-state index contributed by atoms with van der Waals surface area (Å²) >= 11 is 1.52. The molecule has 25 heavy (non-hydrogen) atoms. The van der Waals surface area contributed by atoms with E-state index in [4.69, 9.17) is 4.74 Å². The van der Waals surface area contributed by atoms with Crippen LogP contribution in [0.15, 0.2) is 0 Å². The standard InChI is InChI=1S/C16H24F2N4O2S/c1-15(2,3)13-19-20-14(25-13)22-8-9-24-11(10-22)12(23)21-6-4-16(17,18)5-7-21/h11H,4-10H2,1-3H3. The van der Waals surface area contributed by atoms with Crippen LogP contribution >= 0.6 is 11.3 Å². The van der Waals surface area contributed by atoms with Gasteiger partial charge in [0.1, 0.15) is 5.01 Å². The molecule has 3 heterocycles. The van der Waals surface area contributed by atoms with Crippen molar-refractivity contribution in [2.75, 3.05) is 37.7 Å². The van der Waals surface area contributed by atoms with Gasteiger partial charge in [-0.25, -0.2) is 8.78 Å². The van der Waals surface area contributed by atoms with Crippen LogP contribution in [0.1, 0.15) is 38.6 Å². The van der Waals surface area contributed by atoms with E-state index in [-0.39, 0.29) is 37.3 Å². The van der Waals surface area contributed by atoms with Crippen molar-refractivity contribution < 1.29 is 18.3 Å². The second-order valence-corrected chi connectivity index (χ2v) is 8.58. The Morgan fingerprint density at radius 1 is 1.24 bits per heavy atom. The van der Waals surface area contributed by atoms with Crippen molar-refractivity contribution in [2.45, 2.75) is 51.1 Å². The molecule has 0 spiro atoms. The Labute approximate surface area is 150 Å². The number of aromatic nitrogens is 2. The molecule has 9 heteroatoms. The van der Waals surface area contributed by atoms with Crippen LogP contribution in [-0.4, -0.2) is 65.8 Å². The van der Waals surface area contributed by atoms with Crippen molar-refractivity contribution in [3.63, 3.8) is 0 Å². The van der Waals surface area contributed by atoms with Crippen LogP contribution < -0.4 is 4.90 Å². The maximum Gasteiger partial charge on any atom is 0.253 e. The number of piperidine rings is 1. The van der Waals surface area contributed by atoms with Crippen LogP contribution in [0.5, 0.6) is 0 Å². The van der Waals surface area contributed by atoms with E-state index in [0.717, 1.165) is 10.1 Å². The van der Waals surface area contributed by atoms with Gasteiger partial charge in [-0.15, -0.1) is 10.2 Å². The third kappa shape index (κ3) is 4.25. The monoisotopic (exact) mass is 374 g/mol. The van der Waals surface area contributed by atoms with Gasteiger partial charge in [-0.3, -0.25) is 4.79 Å². The molecule has 1 atom stereocenters. The molecule has 0 saturated carbocycles. The van der Waals surface area contributed by atoms with Gasteiger partial charge in [0.05, 0.1) is 13.2 Å². The van der Waals surface area contributed by atoms with E-state index in [1.807, 2.05) is 4.90 Å². The van der Waals surface area contributed by atoms with Gasteiger partial charge < -0.3 is 14.5 Å². The van der Waals surface area contributed by atoms with Gasteiger partial charge in [-0.1, -0.05) is 32.1 Å². The third-order valence-electron chi connectivity index (χ3n) is 4.47. The Bertz CT molecular complexity index is 622. The summed E-state index contributed by atoms with van der Waals surface area (Å²) < 4.78 is 32.2. The van der Waals surface area contributed by atoms with Gasteiger partial charge in [-0.05, 0) is 0 Å². The minimum absolute atomic E-state index is 0.0730. The predicted octanol–water partition coefficient (Wildman–Crippen LogP) is 2.30. The molecule has 3 rings (SSSR count). The highest BCUT2D eigenvalue weighted by Crippen LogP contribution is 2.31. The Kier molecular flexibility index (Phi) is 4.98. The molecule has 1 amide bonds. The van der Waals surface area contributed by atoms with Crippen LogP contribution in [0.2, 0.25) is 0 Å².